The highest BCUT2D eigenvalue weighted by Crippen LogP contribution is 2.52. The van der Waals surface area contributed by atoms with Crippen molar-refractivity contribution in [3.05, 3.63) is 95.1 Å². The summed E-state index contributed by atoms with van der Waals surface area (Å²) in [5.41, 5.74) is 5.57. The standard InChI is InChI=1S/C28H31N3O2S/c1-19(21-7-5-4-6-8-21)29-28(32)30-22-10-12-23(13-11-22)34(3,33)18-20-9-14-24-25(17-20)27-16-15-26(24)31(27)2/h4-14,17,19,26-27H,3,15-16,18H2,1-2H3,(H2,29,30,32)/t19-,26?,27?,34?/m0/s1. The Morgan fingerprint density at radius 1 is 1.03 bits per heavy atom. The van der Waals surface area contributed by atoms with Crippen molar-refractivity contribution in [3.63, 3.8) is 0 Å². The first-order valence-corrected chi connectivity index (χ1v) is 13.6. The normalized spacial score (nSPS) is 21.5. The van der Waals surface area contributed by atoms with Crippen molar-refractivity contribution in [2.24, 2.45) is 0 Å². The van der Waals surface area contributed by atoms with Gasteiger partial charge in [-0.15, -0.1) is 0 Å². The monoisotopic (exact) mass is 473 g/mol. The summed E-state index contributed by atoms with van der Waals surface area (Å²) in [6.07, 6.45) is 2.42. The van der Waals surface area contributed by atoms with Crippen LogP contribution in [-0.2, 0) is 15.3 Å². The molecule has 5 nitrogen and oxygen atoms in total. The highest BCUT2D eigenvalue weighted by Gasteiger charge is 2.41. The van der Waals surface area contributed by atoms with Crippen LogP contribution in [0.4, 0.5) is 10.5 Å². The average Bonchev–Trinajstić information content (AvgIpc) is 3.32. The second kappa shape index (κ2) is 8.93. The van der Waals surface area contributed by atoms with Crippen molar-refractivity contribution in [1.29, 1.82) is 0 Å². The zero-order valence-electron chi connectivity index (χ0n) is 19.7. The van der Waals surface area contributed by atoms with Gasteiger partial charge in [-0.25, -0.2) is 4.79 Å². The number of carbonyl (C=O) groups excluding carboxylic acids is 1. The molecular weight excluding hydrogens is 442 g/mol. The number of fused-ring (bicyclic) bond motifs is 5. The molecule has 5 rings (SSSR count). The Kier molecular flexibility index (Phi) is 5.96. The Labute approximate surface area is 202 Å². The molecule has 3 unspecified atom stereocenters. The lowest BCUT2D eigenvalue weighted by Gasteiger charge is -2.17. The van der Waals surface area contributed by atoms with Gasteiger partial charge in [0.05, 0.1) is 6.04 Å². The third-order valence-electron chi connectivity index (χ3n) is 7.15. The van der Waals surface area contributed by atoms with Gasteiger partial charge in [-0.3, -0.25) is 9.11 Å². The van der Waals surface area contributed by atoms with Crippen LogP contribution >= 0.6 is 0 Å². The molecule has 2 N–H and O–H groups in total. The number of rotatable bonds is 6. The van der Waals surface area contributed by atoms with Crippen LogP contribution in [-0.4, -0.2) is 28.1 Å². The minimum absolute atomic E-state index is 0.110. The maximum atomic E-state index is 13.5. The average molecular weight is 474 g/mol. The molecule has 1 fully saturated rings. The van der Waals surface area contributed by atoms with E-state index in [1.54, 1.807) is 24.3 Å². The fraction of sp³-hybridized carbons (Fsp3) is 0.286. The minimum Gasteiger partial charge on any atom is -0.331 e. The molecule has 0 aromatic heterocycles. The number of anilines is 1. The van der Waals surface area contributed by atoms with Gasteiger partial charge in [0, 0.05) is 37.9 Å². The van der Waals surface area contributed by atoms with Crippen LogP contribution in [0.5, 0.6) is 0 Å². The molecule has 176 valence electrons. The van der Waals surface area contributed by atoms with Gasteiger partial charge in [-0.05, 0) is 79.2 Å². The van der Waals surface area contributed by atoms with Crippen molar-refractivity contribution >= 4 is 27.1 Å². The molecule has 0 saturated carbocycles. The maximum absolute atomic E-state index is 13.5. The van der Waals surface area contributed by atoms with E-state index in [1.165, 1.54) is 24.0 Å². The second-order valence-electron chi connectivity index (χ2n) is 9.45. The van der Waals surface area contributed by atoms with E-state index in [0.29, 0.717) is 28.4 Å². The summed E-state index contributed by atoms with van der Waals surface area (Å²) in [4.78, 5) is 15.5. The summed E-state index contributed by atoms with van der Waals surface area (Å²) in [5, 5.41) is 5.79. The number of carbonyl (C=O) groups is 1. The summed E-state index contributed by atoms with van der Waals surface area (Å²) in [5.74, 6) is 4.48. The van der Waals surface area contributed by atoms with Crippen LogP contribution in [0.15, 0.2) is 77.7 Å². The molecule has 2 bridgehead atoms. The third-order valence-corrected chi connectivity index (χ3v) is 9.09. The van der Waals surface area contributed by atoms with Crippen molar-refractivity contribution in [2.75, 3.05) is 12.4 Å². The van der Waals surface area contributed by atoms with Crippen LogP contribution in [0.25, 0.3) is 0 Å². The number of hydrogen-bond donors (Lipinski definition) is 2. The summed E-state index contributed by atoms with van der Waals surface area (Å²) >= 11 is 0. The molecule has 0 spiro atoms. The van der Waals surface area contributed by atoms with Crippen molar-refractivity contribution < 1.29 is 9.00 Å². The second-order valence-corrected chi connectivity index (χ2v) is 11.8. The van der Waals surface area contributed by atoms with E-state index in [0.717, 1.165) is 11.1 Å². The van der Waals surface area contributed by atoms with Crippen molar-refractivity contribution in [1.82, 2.24) is 10.2 Å². The lowest BCUT2D eigenvalue weighted by atomic mass is 9.91. The molecule has 1 saturated heterocycles. The number of urea groups is 1. The van der Waals surface area contributed by atoms with Gasteiger partial charge < -0.3 is 10.6 Å². The van der Waals surface area contributed by atoms with E-state index >= 15 is 0 Å². The number of benzene rings is 3. The lowest BCUT2D eigenvalue weighted by Crippen LogP contribution is -2.31. The fourth-order valence-electron chi connectivity index (χ4n) is 5.32. The van der Waals surface area contributed by atoms with Crippen LogP contribution < -0.4 is 10.6 Å². The molecule has 0 aliphatic carbocycles. The van der Waals surface area contributed by atoms with Crippen LogP contribution in [0.2, 0.25) is 0 Å². The van der Waals surface area contributed by atoms with Gasteiger partial charge in [0.25, 0.3) is 0 Å². The highest BCUT2D eigenvalue weighted by molar-refractivity contribution is 7.99. The number of nitrogens with zero attached hydrogens (tertiary/aromatic N) is 1. The molecule has 4 atom stereocenters. The fourth-order valence-corrected chi connectivity index (χ4v) is 6.84. The van der Waals surface area contributed by atoms with Gasteiger partial charge in [-0.2, -0.15) is 0 Å². The first-order valence-electron chi connectivity index (χ1n) is 11.7. The first kappa shape index (κ1) is 22.7. The number of hydrogen-bond acceptors (Lipinski definition) is 3. The van der Waals surface area contributed by atoms with Crippen LogP contribution in [0, 0.1) is 0 Å². The SMILES string of the molecule is C=S(=O)(Cc1ccc2c(c1)C1CCC2N1C)c1ccc(NC(=O)N[C@@H](C)c2ccccc2)cc1. The smallest absolute Gasteiger partial charge is 0.319 e. The van der Waals surface area contributed by atoms with E-state index in [-0.39, 0.29) is 12.1 Å². The van der Waals surface area contributed by atoms with E-state index < -0.39 is 9.52 Å². The lowest BCUT2D eigenvalue weighted by molar-refractivity contribution is 0.249. The molecule has 0 radical (unpaired) electrons. The van der Waals surface area contributed by atoms with Crippen LogP contribution in [0.1, 0.15) is 60.1 Å². The molecule has 34 heavy (non-hydrogen) atoms. The predicted molar refractivity (Wildman–Crippen MR) is 140 cm³/mol. The predicted octanol–water partition coefficient (Wildman–Crippen LogP) is 5.67. The van der Waals surface area contributed by atoms with E-state index in [4.69, 9.17) is 0 Å². The van der Waals surface area contributed by atoms with Crippen LogP contribution in [0.3, 0.4) is 0 Å². The molecule has 2 aliphatic heterocycles. The van der Waals surface area contributed by atoms with Crippen molar-refractivity contribution in [3.8, 4) is 0 Å². The Bertz CT molecular complexity index is 1300. The molecule has 3 aromatic carbocycles. The summed E-state index contributed by atoms with van der Waals surface area (Å²) in [6.45, 7) is 1.94. The summed E-state index contributed by atoms with van der Waals surface area (Å²) in [6, 6.07) is 24.1. The summed E-state index contributed by atoms with van der Waals surface area (Å²) < 4.78 is 13.5. The van der Waals surface area contributed by atoms with Crippen molar-refractivity contribution in [2.45, 2.75) is 48.5 Å². The first-order chi connectivity index (χ1) is 16.3. The zero-order chi connectivity index (χ0) is 23.9. The molecule has 3 aromatic rings. The van der Waals surface area contributed by atoms with E-state index in [1.807, 2.05) is 37.3 Å². The van der Waals surface area contributed by atoms with Gasteiger partial charge in [-0.1, -0.05) is 48.5 Å². The topological polar surface area (TPSA) is 61.4 Å². The molecular formula is C28H31N3O2S. The molecule has 6 heteroatoms. The quantitative estimate of drug-likeness (QED) is 0.454. The maximum Gasteiger partial charge on any atom is 0.319 e. The van der Waals surface area contributed by atoms with E-state index in [2.05, 4.69) is 46.7 Å². The van der Waals surface area contributed by atoms with Gasteiger partial charge in [0.2, 0.25) is 0 Å². The number of nitrogens with one attached hydrogen (secondary N) is 2. The van der Waals surface area contributed by atoms with Gasteiger partial charge in [0.1, 0.15) is 0 Å². The third kappa shape index (κ3) is 4.36. The zero-order valence-corrected chi connectivity index (χ0v) is 20.5. The highest BCUT2D eigenvalue weighted by atomic mass is 32.2. The Balaban J connectivity index is 1.23. The molecule has 2 heterocycles. The molecule has 2 aliphatic rings. The Morgan fingerprint density at radius 2 is 1.71 bits per heavy atom. The number of amides is 2. The Morgan fingerprint density at radius 3 is 2.41 bits per heavy atom. The largest absolute Gasteiger partial charge is 0.331 e. The van der Waals surface area contributed by atoms with E-state index in [9.17, 15) is 9.00 Å². The Hall–Kier alpha value is -3.09. The van der Waals surface area contributed by atoms with Gasteiger partial charge >= 0.3 is 6.03 Å². The summed E-state index contributed by atoms with van der Waals surface area (Å²) in [7, 11) is -0.300. The minimum atomic E-state index is -2.50. The van der Waals surface area contributed by atoms with Gasteiger partial charge in [0.15, 0.2) is 0 Å². The molecule has 2 amide bonds.